The van der Waals surface area contributed by atoms with Gasteiger partial charge >= 0.3 is 5.97 Å². The van der Waals surface area contributed by atoms with Gasteiger partial charge < -0.3 is 9.64 Å². The molecule has 0 amide bonds. The summed E-state index contributed by atoms with van der Waals surface area (Å²) in [4.78, 5) is 13.5. The molecule has 16 heavy (non-hydrogen) atoms. The molecule has 0 aromatic heterocycles. The second-order valence-corrected chi connectivity index (χ2v) is 4.35. The van der Waals surface area contributed by atoms with Crippen molar-refractivity contribution < 1.29 is 9.53 Å². The number of carbonyl (C=O) groups excluding carboxylic acids is 1. The number of fused-ring (bicyclic) bond motifs is 1. The zero-order valence-corrected chi connectivity index (χ0v) is 9.84. The molecule has 2 rings (SSSR count). The van der Waals surface area contributed by atoms with Crippen molar-refractivity contribution in [2.24, 2.45) is 0 Å². The van der Waals surface area contributed by atoms with Crippen LogP contribution in [-0.4, -0.2) is 24.0 Å². The molecule has 5 heteroatoms. The molecule has 0 N–H and O–H groups in total. The molecule has 0 aromatic carbocycles. The van der Waals surface area contributed by atoms with E-state index in [4.69, 9.17) is 10.00 Å². The lowest BCUT2D eigenvalue weighted by Crippen LogP contribution is -2.28. The van der Waals surface area contributed by atoms with Crippen LogP contribution in [0.25, 0.3) is 0 Å². The summed E-state index contributed by atoms with van der Waals surface area (Å²) in [7, 11) is 0. The molecule has 0 saturated heterocycles. The van der Waals surface area contributed by atoms with E-state index in [2.05, 4.69) is 6.07 Å². The molecule has 0 bridgehead atoms. The van der Waals surface area contributed by atoms with Gasteiger partial charge in [-0.1, -0.05) is 11.8 Å². The van der Waals surface area contributed by atoms with Crippen molar-refractivity contribution in [3.8, 4) is 6.07 Å². The van der Waals surface area contributed by atoms with E-state index >= 15 is 0 Å². The number of hydrogen-bond acceptors (Lipinski definition) is 5. The standard InChI is InChI=1S/C11H12N2O2S/c1-2-15-11(14)9-7-16-10-8(6-12)4-3-5-13(9)10/h7H,2-5H2,1H3. The fraction of sp³-hybridized carbons (Fsp3) is 0.455. The number of rotatable bonds is 2. The number of thioether (sulfide) groups is 1. The third kappa shape index (κ3) is 1.81. The molecule has 0 unspecified atom stereocenters. The minimum atomic E-state index is -0.302. The first kappa shape index (κ1) is 11.1. The predicted octanol–water partition coefficient (Wildman–Crippen LogP) is 1.97. The lowest BCUT2D eigenvalue weighted by Gasteiger charge is -2.26. The Morgan fingerprint density at radius 3 is 3.25 bits per heavy atom. The minimum Gasteiger partial charge on any atom is -0.461 e. The van der Waals surface area contributed by atoms with E-state index in [0.29, 0.717) is 12.3 Å². The average Bonchev–Trinajstić information content (AvgIpc) is 2.72. The highest BCUT2D eigenvalue weighted by molar-refractivity contribution is 8.06. The summed E-state index contributed by atoms with van der Waals surface area (Å²) in [5.41, 5.74) is 1.33. The molecule has 0 aliphatic carbocycles. The van der Waals surface area contributed by atoms with Crippen LogP contribution in [0.5, 0.6) is 0 Å². The van der Waals surface area contributed by atoms with Crippen LogP contribution in [-0.2, 0) is 9.53 Å². The van der Waals surface area contributed by atoms with Crippen LogP contribution in [0.3, 0.4) is 0 Å². The molecule has 0 saturated carbocycles. The molecule has 2 aliphatic heterocycles. The minimum absolute atomic E-state index is 0.302. The van der Waals surface area contributed by atoms with Gasteiger partial charge in [0.15, 0.2) is 0 Å². The van der Waals surface area contributed by atoms with Crippen molar-refractivity contribution in [1.82, 2.24) is 4.90 Å². The number of ether oxygens (including phenoxy) is 1. The smallest absolute Gasteiger partial charge is 0.355 e. The van der Waals surface area contributed by atoms with Gasteiger partial charge in [0.1, 0.15) is 5.70 Å². The summed E-state index contributed by atoms with van der Waals surface area (Å²) >= 11 is 1.44. The summed E-state index contributed by atoms with van der Waals surface area (Å²) in [5, 5.41) is 11.7. The Balaban J connectivity index is 2.22. The normalized spacial score (nSPS) is 19.0. The van der Waals surface area contributed by atoms with Gasteiger partial charge in [-0.3, -0.25) is 0 Å². The van der Waals surface area contributed by atoms with Gasteiger partial charge in [0.25, 0.3) is 0 Å². The summed E-state index contributed by atoms with van der Waals surface area (Å²) in [5.74, 6) is -0.302. The highest BCUT2D eigenvalue weighted by Crippen LogP contribution is 2.40. The van der Waals surface area contributed by atoms with Crippen molar-refractivity contribution >= 4 is 17.7 Å². The first-order valence-corrected chi connectivity index (χ1v) is 6.10. The number of allylic oxidation sites excluding steroid dienone is 1. The van der Waals surface area contributed by atoms with Crippen LogP contribution < -0.4 is 0 Å². The monoisotopic (exact) mass is 236 g/mol. The summed E-state index contributed by atoms with van der Waals surface area (Å²) < 4.78 is 4.98. The second-order valence-electron chi connectivity index (χ2n) is 3.49. The number of esters is 1. The molecule has 4 nitrogen and oxygen atoms in total. The Morgan fingerprint density at radius 2 is 2.56 bits per heavy atom. The molecule has 0 aromatic rings. The number of carbonyl (C=O) groups is 1. The van der Waals surface area contributed by atoms with Gasteiger partial charge in [-0.05, 0) is 19.8 Å². The van der Waals surface area contributed by atoms with E-state index in [-0.39, 0.29) is 5.97 Å². The third-order valence-electron chi connectivity index (χ3n) is 2.50. The molecule has 0 radical (unpaired) electrons. The molecule has 84 valence electrons. The van der Waals surface area contributed by atoms with Crippen LogP contribution in [0.1, 0.15) is 19.8 Å². The zero-order chi connectivity index (χ0) is 11.5. The van der Waals surface area contributed by atoms with E-state index in [9.17, 15) is 4.79 Å². The maximum absolute atomic E-state index is 11.6. The van der Waals surface area contributed by atoms with Gasteiger partial charge in [-0.25, -0.2) is 4.79 Å². The van der Waals surface area contributed by atoms with Crippen molar-refractivity contribution in [3.63, 3.8) is 0 Å². The summed E-state index contributed by atoms with van der Waals surface area (Å²) in [6, 6.07) is 2.20. The lowest BCUT2D eigenvalue weighted by molar-refractivity contribution is -0.140. The highest BCUT2D eigenvalue weighted by Gasteiger charge is 2.31. The lowest BCUT2D eigenvalue weighted by atomic mass is 10.1. The average molecular weight is 236 g/mol. The van der Waals surface area contributed by atoms with Crippen LogP contribution in [0.15, 0.2) is 21.7 Å². The van der Waals surface area contributed by atoms with Crippen LogP contribution in [0, 0.1) is 11.3 Å². The quantitative estimate of drug-likeness (QED) is 0.686. The van der Waals surface area contributed by atoms with E-state index in [1.54, 1.807) is 12.3 Å². The van der Waals surface area contributed by atoms with Gasteiger partial charge in [-0.2, -0.15) is 5.26 Å². The third-order valence-corrected chi connectivity index (χ3v) is 3.54. The van der Waals surface area contributed by atoms with E-state index in [0.717, 1.165) is 30.0 Å². The van der Waals surface area contributed by atoms with Gasteiger partial charge in [-0.15, -0.1) is 0 Å². The van der Waals surface area contributed by atoms with Gasteiger partial charge in [0.2, 0.25) is 0 Å². The maximum Gasteiger partial charge on any atom is 0.355 e. The SMILES string of the molecule is CCOC(=O)C1=CSC2=C(C#N)CCCN12. The maximum atomic E-state index is 11.6. The van der Waals surface area contributed by atoms with Crippen molar-refractivity contribution in [2.45, 2.75) is 19.8 Å². The second kappa shape index (κ2) is 4.62. The van der Waals surface area contributed by atoms with Crippen molar-refractivity contribution in [1.29, 1.82) is 5.26 Å². The molecule has 0 fully saturated rings. The number of nitrogens with zero attached hydrogens (tertiary/aromatic N) is 2. The Labute approximate surface area is 98.5 Å². The van der Waals surface area contributed by atoms with Crippen molar-refractivity contribution in [3.05, 3.63) is 21.7 Å². The first-order chi connectivity index (χ1) is 7.77. The molecule has 0 spiro atoms. The molecular weight excluding hydrogens is 224 g/mol. The van der Waals surface area contributed by atoms with Gasteiger partial charge in [0.05, 0.1) is 23.3 Å². The fourth-order valence-corrected chi connectivity index (χ4v) is 2.85. The summed E-state index contributed by atoms with van der Waals surface area (Å²) in [6.07, 6.45) is 1.71. The Bertz CT molecular complexity index is 420. The Kier molecular flexibility index (Phi) is 3.20. The van der Waals surface area contributed by atoms with Gasteiger partial charge in [0, 0.05) is 12.0 Å². The van der Waals surface area contributed by atoms with Crippen LogP contribution in [0.4, 0.5) is 0 Å². The first-order valence-electron chi connectivity index (χ1n) is 5.22. The Morgan fingerprint density at radius 1 is 1.75 bits per heavy atom. The predicted molar refractivity (Wildman–Crippen MR) is 60.9 cm³/mol. The zero-order valence-electron chi connectivity index (χ0n) is 9.02. The molecule has 2 heterocycles. The van der Waals surface area contributed by atoms with Crippen LogP contribution in [0.2, 0.25) is 0 Å². The van der Waals surface area contributed by atoms with Crippen LogP contribution >= 0.6 is 11.8 Å². The van der Waals surface area contributed by atoms with E-state index in [1.807, 2.05) is 4.90 Å². The van der Waals surface area contributed by atoms with E-state index < -0.39 is 0 Å². The summed E-state index contributed by atoms with van der Waals surface area (Å²) in [6.45, 7) is 2.95. The molecule has 0 atom stereocenters. The number of nitriles is 1. The highest BCUT2D eigenvalue weighted by atomic mass is 32.2. The van der Waals surface area contributed by atoms with E-state index in [1.165, 1.54) is 11.8 Å². The molecule has 2 aliphatic rings. The number of hydrogen-bond donors (Lipinski definition) is 0. The largest absolute Gasteiger partial charge is 0.461 e. The fourth-order valence-electron chi connectivity index (χ4n) is 1.79. The topological polar surface area (TPSA) is 53.3 Å². The Hall–Kier alpha value is -1.41. The van der Waals surface area contributed by atoms with Crippen molar-refractivity contribution in [2.75, 3.05) is 13.2 Å². The molecular formula is C11H12N2O2S.